The minimum Gasteiger partial charge on any atom is -0.271 e. The molecule has 0 aromatic carbocycles. The number of hydrogen-bond donors (Lipinski definition) is 2. The Morgan fingerprint density at radius 1 is 1.31 bits per heavy atom. The lowest BCUT2D eigenvalue weighted by Gasteiger charge is -2.38. The molecule has 0 bridgehead atoms. The van der Waals surface area contributed by atoms with Gasteiger partial charge in [0.05, 0.1) is 0 Å². The first-order chi connectivity index (χ1) is 7.85. The van der Waals surface area contributed by atoms with Crippen LogP contribution >= 0.6 is 23.5 Å². The summed E-state index contributed by atoms with van der Waals surface area (Å²) in [5, 5.41) is 1.54. The van der Waals surface area contributed by atoms with Crippen molar-refractivity contribution in [1.29, 1.82) is 0 Å². The molecule has 2 aliphatic rings. The van der Waals surface area contributed by atoms with E-state index in [-0.39, 0.29) is 0 Å². The second-order valence-corrected chi connectivity index (χ2v) is 7.59. The van der Waals surface area contributed by atoms with E-state index in [0.717, 1.165) is 16.4 Å². The van der Waals surface area contributed by atoms with Crippen LogP contribution in [0, 0.1) is 5.92 Å². The van der Waals surface area contributed by atoms with E-state index in [1.165, 1.54) is 43.6 Å². The van der Waals surface area contributed by atoms with Gasteiger partial charge < -0.3 is 0 Å². The third-order valence-electron chi connectivity index (χ3n) is 3.92. The topological polar surface area (TPSA) is 38.0 Å². The average Bonchev–Trinajstić information content (AvgIpc) is 2.28. The highest BCUT2D eigenvalue weighted by molar-refractivity contribution is 8.07. The molecule has 0 amide bonds. The number of rotatable bonds is 5. The quantitative estimate of drug-likeness (QED) is 0.589. The monoisotopic (exact) mass is 260 g/mol. The summed E-state index contributed by atoms with van der Waals surface area (Å²) in [6, 6.07) is 0.535. The van der Waals surface area contributed by atoms with Crippen molar-refractivity contribution < 1.29 is 0 Å². The highest BCUT2D eigenvalue weighted by atomic mass is 32.2. The molecule has 16 heavy (non-hydrogen) atoms. The van der Waals surface area contributed by atoms with E-state index in [1.54, 1.807) is 0 Å². The Kier molecular flexibility index (Phi) is 5.33. The van der Waals surface area contributed by atoms with Crippen molar-refractivity contribution in [3.05, 3.63) is 0 Å². The first kappa shape index (κ1) is 13.1. The van der Waals surface area contributed by atoms with E-state index in [1.807, 2.05) is 0 Å². The lowest BCUT2D eigenvalue weighted by Crippen LogP contribution is -2.49. The van der Waals surface area contributed by atoms with Crippen molar-refractivity contribution in [3.63, 3.8) is 0 Å². The van der Waals surface area contributed by atoms with E-state index in [9.17, 15) is 0 Å². The summed E-state index contributed by atoms with van der Waals surface area (Å²) in [6.45, 7) is 2.31. The van der Waals surface area contributed by atoms with Gasteiger partial charge in [-0.1, -0.05) is 26.2 Å². The highest BCUT2D eigenvalue weighted by Crippen LogP contribution is 2.39. The molecule has 1 saturated carbocycles. The lowest BCUT2D eigenvalue weighted by atomic mass is 9.80. The third-order valence-corrected chi connectivity index (χ3v) is 7.32. The van der Waals surface area contributed by atoms with Crippen LogP contribution < -0.4 is 11.3 Å². The molecule has 2 nitrogen and oxygen atoms in total. The normalized spacial score (nSPS) is 33.4. The minimum absolute atomic E-state index is 0.535. The zero-order chi connectivity index (χ0) is 11.4. The first-order valence-corrected chi connectivity index (χ1v) is 8.64. The standard InChI is InChI=1S/C12H24N2S2/c1-2-11-12(16-7-6-15-11)10(14-13)8-9-4-3-5-9/h9-12,14H,2-8,13H2,1H3. The van der Waals surface area contributed by atoms with Gasteiger partial charge in [-0.2, -0.15) is 23.5 Å². The van der Waals surface area contributed by atoms with Gasteiger partial charge in [0.25, 0.3) is 0 Å². The fourth-order valence-electron chi connectivity index (χ4n) is 2.70. The molecule has 4 heteroatoms. The van der Waals surface area contributed by atoms with E-state index < -0.39 is 0 Å². The van der Waals surface area contributed by atoms with E-state index >= 15 is 0 Å². The van der Waals surface area contributed by atoms with Crippen molar-refractivity contribution in [3.8, 4) is 0 Å². The molecular formula is C12H24N2S2. The van der Waals surface area contributed by atoms with Gasteiger partial charge in [0.1, 0.15) is 0 Å². The van der Waals surface area contributed by atoms with Gasteiger partial charge in [0, 0.05) is 28.0 Å². The number of hydrazine groups is 1. The molecule has 1 heterocycles. The van der Waals surface area contributed by atoms with Crippen LogP contribution in [0.1, 0.15) is 39.0 Å². The van der Waals surface area contributed by atoms with Gasteiger partial charge in [-0.25, -0.2) is 0 Å². The predicted molar refractivity (Wildman–Crippen MR) is 75.9 cm³/mol. The molecule has 1 aliphatic carbocycles. The minimum atomic E-state index is 0.535. The van der Waals surface area contributed by atoms with Crippen LogP contribution in [-0.4, -0.2) is 28.0 Å². The SMILES string of the molecule is CCC1SCCSC1C(CC1CCC1)NN. The van der Waals surface area contributed by atoms with Gasteiger partial charge in [0.2, 0.25) is 0 Å². The summed E-state index contributed by atoms with van der Waals surface area (Å²) in [4.78, 5) is 0. The lowest BCUT2D eigenvalue weighted by molar-refractivity contribution is 0.256. The molecule has 1 aliphatic heterocycles. The largest absolute Gasteiger partial charge is 0.271 e. The summed E-state index contributed by atoms with van der Waals surface area (Å²) in [5.41, 5.74) is 3.10. The Bertz CT molecular complexity index is 209. The first-order valence-electron chi connectivity index (χ1n) is 6.54. The number of nitrogens with two attached hydrogens (primary N) is 1. The van der Waals surface area contributed by atoms with Gasteiger partial charge in [-0.05, 0) is 18.8 Å². The van der Waals surface area contributed by atoms with Crippen LogP contribution in [0.3, 0.4) is 0 Å². The van der Waals surface area contributed by atoms with E-state index in [0.29, 0.717) is 6.04 Å². The molecule has 0 spiro atoms. The Hall–Kier alpha value is 0.620. The molecule has 0 radical (unpaired) electrons. The molecule has 0 aromatic heterocycles. The maximum absolute atomic E-state index is 5.78. The summed E-state index contributed by atoms with van der Waals surface area (Å²) in [6.07, 6.45) is 6.88. The third kappa shape index (κ3) is 3.09. The Balaban J connectivity index is 1.88. The van der Waals surface area contributed by atoms with Gasteiger partial charge in [-0.3, -0.25) is 11.3 Å². The highest BCUT2D eigenvalue weighted by Gasteiger charge is 2.33. The molecule has 2 rings (SSSR count). The molecule has 94 valence electrons. The van der Waals surface area contributed by atoms with E-state index in [4.69, 9.17) is 5.84 Å². The van der Waals surface area contributed by atoms with Crippen LogP contribution in [0.25, 0.3) is 0 Å². The summed E-state index contributed by atoms with van der Waals surface area (Å²) < 4.78 is 0. The molecule has 3 N–H and O–H groups in total. The van der Waals surface area contributed by atoms with Crippen molar-refractivity contribution in [2.24, 2.45) is 11.8 Å². The summed E-state index contributed by atoms with van der Waals surface area (Å²) in [7, 11) is 0. The maximum Gasteiger partial charge on any atom is 0.0342 e. The fourth-order valence-corrected chi connectivity index (χ4v) is 5.96. The molecular weight excluding hydrogens is 236 g/mol. The zero-order valence-corrected chi connectivity index (χ0v) is 11.8. The van der Waals surface area contributed by atoms with Crippen molar-refractivity contribution in [2.45, 2.75) is 55.6 Å². The van der Waals surface area contributed by atoms with Gasteiger partial charge >= 0.3 is 0 Å². The Morgan fingerprint density at radius 2 is 2.06 bits per heavy atom. The fraction of sp³-hybridized carbons (Fsp3) is 1.00. The van der Waals surface area contributed by atoms with Gasteiger partial charge in [0.15, 0.2) is 0 Å². The van der Waals surface area contributed by atoms with Crippen LogP contribution in [0.5, 0.6) is 0 Å². The second kappa shape index (κ2) is 6.53. The van der Waals surface area contributed by atoms with Crippen molar-refractivity contribution in [2.75, 3.05) is 11.5 Å². The molecule has 2 fully saturated rings. The smallest absolute Gasteiger partial charge is 0.0342 e. The second-order valence-electron chi connectivity index (χ2n) is 4.96. The molecule has 1 saturated heterocycles. The number of hydrogen-bond acceptors (Lipinski definition) is 4. The molecule has 0 aromatic rings. The predicted octanol–water partition coefficient (Wildman–Crippen LogP) is 2.64. The van der Waals surface area contributed by atoms with Crippen LogP contribution in [0.2, 0.25) is 0 Å². The average molecular weight is 260 g/mol. The zero-order valence-electron chi connectivity index (χ0n) is 10.2. The molecule has 3 unspecified atom stereocenters. The summed E-state index contributed by atoms with van der Waals surface area (Å²) >= 11 is 4.29. The summed E-state index contributed by atoms with van der Waals surface area (Å²) in [5.74, 6) is 9.35. The molecule has 3 atom stereocenters. The Labute approximate surface area is 108 Å². The van der Waals surface area contributed by atoms with Gasteiger partial charge in [-0.15, -0.1) is 0 Å². The van der Waals surface area contributed by atoms with E-state index in [2.05, 4.69) is 35.9 Å². The maximum atomic E-state index is 5.78. The number of nitrogens with one attached hydrogen (secondary N) is 1. The number of thioether (sulfide) groups is 2. The van der Waals surface area contributed by atoms with Crippen LogP contribution in [0.15, 0.2) is 0 Å². The van der Waals surface area contributed by atoms with Crippen molar-refractivity contribution in [1.82, 2.24) is 5.43 Å². The van der Waals surface area contributed by atoms with Crippen LogP contribution in [0.4, 0.5) is 0 Å². The Morgan fingerprint density at radius 3 is 2.62 bits per heavy atom. The van der Waals surface area contributed by atoms with Crippen LogP contribution in [-0.2, 0) is 0 Å². The van der Waals surface area contributed by atoms with Crippen molar-refractivity contribution >= 4 is 23.5 Å².